The second kappa shape index (κ2) is 13.8. The van der Waals surface area contributed by atoms with Crippen LogP contribution >= 0.6 is 23.2 Å². The molecular weight excluding hydrogens is 624 g/mol. The third-order valence-corrected chi connectivity index (χ3v) is 9.08. The summed E-state index contributed by atoms with van der Waals surface area (Å²) in [5, 5.41) is 7.80. The fourth-order valence-corrected chi connectivity index (χ4v) is 6.35. The Hall–Kier alpha value is -3.68. The lowest BCUT2D eigenvalue weighted by molar-refractivity contribution is -0.111. The van der Waals surface area contributed by atoms with Gasteiger partial charge >= 0.3 is 0 Å². The van der Waals surface area contributed by atoms with Crippen LogP contribution in [0.4, 0.5) is 33.1 Å². The van der Waals surface area contributed by atoms with E-state index in [0.29, 0.717) is 53.4 Å². The molecule has 14 heteroatoms. The van der Waals surface area contributed by atoms with Crippen LogP contribution in [0, 0.1) is 5.82 Å². The second-order valence-electron chi connectivity index (χ2n) is 10.9. The van der Waals surface area contributed by atoms with Crippen molar-refractivity contribution in [3.8, 4) is 5.75 Å². The number of methoxy groups -OCH3 is 1. The number of nitrogens with one attached hydrogen (secondary N) is 2. The molecular formula is C31H34Cl2FN7O4. The van der Waals surface area contributed by atoms with E-state index < -0.39 is 11.9 Å². The van der Waals surface area contributed by atoms with Gasteiger partial charge in [-0.25, -0.2) is 19.4 Å². The second-order valence-corrected chi connectivity index (χ2v) is 11.7. The lowest BCUT2D eigenvalue weighted by atomic mass is 10.0. The maximum atomic E-state index is 15.1. The number of rotatable bonds is 9. The van der Waals surface area contributed by atoms with Crippen LogP contribution in [-0.2, 0) is 14.4 Å². The van der Waals surface area contributed by atoms with E-state index in [-0.39, 0.29) is 16.0 Å². The largest absolute Gasteiger partial charge is 0.494 e. The molecule has 3 fully saturated rings. The molecule has 2 atom stereocenters. The first-order chi connectivity index (χ1) is 21.9. The van der Waals surface area contributed by atoms with Crippen LogP contribution in [0.3, 0.4) is 0 Å². The van der Waals surface area contributed by atoms with Gasteiger partial charge in [0, 0.05) is 56.3 Å². The number of hydrogen-bond donors (Lipinski definition) is 2. The van der Waals surface area contributed by atoms with Crippen LogP contribution in [0.5, 0.6) is 5.75 Å². The summed E-state index contributed by atoms with van der Waals surface area (Å²) in [5.41, 5.74) is 2.39. The Morgan fingerprint density at radius 3 is 2.71 bits per heavy atom. The van der Waals surface area contributed by atoms with E-state index in [2.05, 4.69) is 37.0 Å². The highest BCUT2D eigenvalue weighted by Crippen LogP contribution is 2.42. The first-order valence-corrected chi connectivity index (χ1v) is 15.5. The highest BCUT2D eigenvalue weighted by molar-refractivity contribution is 6.42. The molecule has 1 aromatic heterocycles. The Kier molecular flexibility index (Phi) is 9.57. The van der Waals surface area contributed by atoms with E-state index in [1.54, 1.807) is 30.4 Å². The van der Waals surface area contributed by atoms with Crippen LogP contribution in [0.1, 0.15) is 24.4 Å². The van der Waals surface area contributed by atoms with Crippen molar-refractivity contribution in [1.29, 1.82) is 0 Å². The fourth-order valence-electron chi connectivity index (χ4n) is 6.03. The van der Waals surface area contributed by atoms with Gasteiger partial charge in [0.25, 0.3) is 0 Å². The zero-order chi connectivity index (χ0) is 31.5. The maximum absolute atomic E-state index is 15.1. The minimum atomic E-state index is -0.592. The van der Waals surface area contributed by atoms with Gasteiger partial charge in [-0.3, -0.25) is 14.5 Å². The van der Waals surface area contributed by atoms with Crippen LogP contribution < -0.4 is 25.3 Å². The average molecular weight is 659 g/mol. The van der Waals surface area contributed by atoms with Gasteiger partial charge in [0.05, 0.1) is 60.1 Å². The van der Waals surface area contributed by atoms with Gasteiger partial charge in [-0.2, -0.15) is 0 Å². The van der Waals surface area contributed by atoms with E-state index in [4.69, 9.17) is 37.5 Å². The number of halogens is 3. The predicted octanol–water partition coefficient (Wildman–Crippen LogP) is 5.59. The molecule has 6 rings (SSSR count). The molecule has 4 heterocycles. The summed E-state index contributed by atoms with van der Waals surface area (Å²) in [6.45, 7) is 8.94. The third-order valence-electron chi connectivity index (χ3n) is 8.30. The smallest absolute Gasteiger partial charge is 0.247 e. The normalized spacial score (nSPS) is 20.4. The van der Waals surface area contributed by atoms with Crippen molar-refractivity contribution >= 4 is 57.8 Å². The zero-order valence-corrected chi connectivity index (χ0v) is 26.3. The van der Waals surface area contributed by atoms with Gasteiger partial charge in [-0.05, 0) is 24.6 Å². The average Bonchev–Trinajstić information content (AvgIpc) is 3.75. The van der Waals surface area contributed by atoms with Gasteiger partial charge in [-0.15, -0.1) is 0 Å². The van der Waals surface area contributed by atoms with Crippen LogP contribution in [0.25, 0.3) is 0 Å². The van der Waals surface area contributed by atoms with Crippen LogP contribution in [0.15, 0.2) is 49.3 Å². The SMILES string of the molecule is C=CC(=O)Nc1cc(Nc2cc(N3OCC[C@@H]3c3ccc(Cl)c(Cl)c3F)ncn2)c(OC)cc1N1CC[C@H](N2CCOCC2)C1. The Bertz CT molecular complexity index is 1580. The molecule has 0 saturated carbocycles. The molecule has 11 nitrogen and oxygen atoms in total. The molecule has 3 saturated heterocycles. The third kappa shape index (κ3) is 6.66. The van der Waals surface area contributed by atoms with E-state index in [0.717, 1.165) is 51.5 Å². The summed E-state index contributed by atoms with van der Waals surface area (Å²) in [6.07, 6.45) is 4.15. The van der Waals surface area contributed by atoms with Crippen molar-refractivity contribution in [2.75, 3.05) is 73.7 Å². The predicted molar refractivity (Wildman–Crippen MR) is 172 cm³/mol. The van der Waals surface area contributed by atoms with Crippen LogP contribution in [0.2, 0.25) is 10.0 Å². The number of hydroxylamine groups is 1. The number of hydrogen-bond acceptors (Lipinski definition) is 10. The molecule has 0 unspecified atom stereocenters. The Balaban J connectivity index is 1.27. The Morgan fingerprint density at radius 1 is 1.11 bits per heavy atom. The molecule has 0 spiro atoms. The van der Waals surface area contributed by atoms with E-state index in [9.17, 15) is 4.79 Å². The lowest BCUT2D eigenvalue weighted by Gasteiger charge is -2.32. The quantitative estimate of drug-likeness (QED) is 0.223. The number of anilines is 5. The Labute approximate surface area is 270 Å². The number of amides is 1. The van der Waals surface area contributed by atoms with Crippen molar-refractivity contribution in [2.45, 2.75) is 24.9 Å². The monoisotopic (exact) mass is 657 g/mol. The minimum absolute atomic E-state index is 0.133. The number of carbonyl (C=O) groups is 1. The van der Waals surface area contributed by atoms with Gasteiger partial charge in [-0.1, -0.05) is 35.8 Å². The first-order valence-electron chi connectivity index (χ1n) is 14.7. The standard InChI is InChI=1S/C31H34Cl2FN7O4/c1-3-29(42)38-22-14-23(26(43-2)15-25(22)40-8-6-19(17-40)39-9-12-44-13-10-39)37-27-16-28(36-18-35-27)41-24(7-11-45-41)20-4-5-21(32)30(33)31(20)34/h3-5,14-16,18-19,24H,1,6-13,17H2,2H3,(H,38,42)(H,35,36,37)/t19-,24+/m0/s1. The summed E-state index contributed by atoms with van der Waals surface area (Å²) in [7, 11) is 1.59. The molecule has 3 aromatic rings. The summed E-state index contributed by atoms with van der Waals surface area (Å²) < 4.78 is 26.4. The highest BCUT2D eigenvalue weighted by Gasteiger charge is 2.33. The zero-order valence-electron chi connectivity index (χ0n) is 24.8. The van der Waals surface area contributed by atoms with E-state index >= 15 is 4.39 Å². The molecule has 0 bridgehead atoms. The van der Waals surface area contributed by atoms with Crippen molar-refractivity contribution in [3.05, 3.63) is 70.7 Å². The molecule has 3 aliphatic rings. The van der Waals surface area contributed by atoms with Crippen molar-refractivity contribution in [1.82, 2.24) is 14.9 Å². The lowest BCUT2D eigenvalue weighted by Crippen LogP contribution is -2.44. The number of benzene rings is 2. The molecule has 2 N–H and O–H groups in total. The van der Waals surface area contributed by atoms with Crippen LogP contribution in [-0.4, -0.2) is 79.9 Å². The fraction of sp³-hybridized carbons (Fsp3) is 0.387. The number of aromatic nitrogens is 2. The van der Waals surface area contributed by atoms with Gasteiger partial charge in [0.2, 0.25) is 5.91 Å². The van der Waals surface area contributed by atoms with Gasteiger partial charge < -0.3 is 25.0 Å². The van der Waals surface area contributed by atoms with E-state index in [1.807, 2.05) is 12.1 Å². The molecule has 2 aromatic carbocycles. The number of ether oxygens (including phenoxy) is 2. The molecule has 0 radical (unpaired) electrons. The summed E-state index contributed by atoms with van der Waals surface area (Å²) in [6, 6.07) is 8.52. The van der Waals surface area contributed by atoms with Crippen molar-refractivity contribution < 1.29 is 23.5 Å². The minimum Gasteiger partial charge on any atom is -0.494 e. The first kappa shape index (κ1) is 31.3. The van der Waals surface area contributed by atoms with Gasteiger partial charge in [0.1, 0.15) is 23.7 Å². The van der Waals surface area contributed by atoms with Crippen molar-refractivity contribution in [3.63, 3.8) is 0 Å². The van der Waals surface area contributed by atoms with Gasteiger partial charge in [0.15, 0.2) is 5.82 Å². The maximum Gasteiger partial charge on any atom is 0.247 e. The summed E-state index contributed by atoms with van der Waals surface area (Å²) in [5.74, 6) is 0.495. The molecule has 238 valence electrons. The molecule has 45 heavy (non-hydrogen) atoms. The number of carbonyl (C=O) groups excluding carboxylic acids is 1. The Morgan fingerprint density at radius 2 is 1.93 bits per heavy atom. The topological polar surface area (TPSA) is 104 Å². The van der Waals surface area contributed by atoms with E-state index in [1.165, 1.54) is 12.4 Å². The number of morpholine rings is 1. The summed E-state index contributed by atoms with van der Waals surface area (Å²) >= 11 is 12.1. The molecule has 1 amide bonds. The van der Waals surface area contributed by atoms with Crippen molar-refractivity contribution in [2.24, 2.45) is 0 Å². The summed E-state index contributed by atoms with van der Waals surface area (Å²) in [4.78, 5) is 31.8. The highest BCUT2D eigenvalue weighted by atomic mass is 35.5. The molecule has 3 aliphatic heterocycles. The number of nitrogens with zero attached hydrogens (tertiary/aromatic N) is 5. The molecule has 0 aliphatic carbocycles.